The lowest BCUT2D eigenvalue weighted by molar-refractivity contribution is -0.137. The van der Waals surface area contributed by atoms with Crippen molar-refractivity contribution < 1.29 is 9.90 Å². The fourth-order valence-electron chi connectivity index (χ4n) is 3.94. The van der Waals surface area contributed by atoms with Gasteiger partial charge in [0.1, 0.15) is 0 Å². The fourth-order valence-corrected chi connectivity index (χ4v) is 4.27. The van der Waals surface area contributed by atoms with Gasteiger partial charge in [0.15, 0.2) is 0 Å². The van der Waals surface area contributed by atoms with Crippen molar-refractivity contribution in [2.45, 2.75) is 136 Å². The van der Waals surface area contributed by atoms with Crippen LogP contribution >= 0.6 is 9.24 Å². The molecule has 2 nitrogen and oxygen atoms in total. The summed E-state index contributed by atoms with van der Waals surface area (Å²) in [6, 6.07) is 8.51. The minimum atomic E-state index is -0.653. The second-order valence-electron chi connectivity index (χ2n) is 9.63. The zero-order valence-corrected chi connectivity index (χ0v) is 22.2. The molecule has 1 unspecified atom stereocenters. The quantitative estimate of drug-likeness (QED) is 0.189. The summed E-state index contributed by atoms with van der Waals surface area (Å²) in [4.78, 5) is 10.3. The van der Waals surface area contributed by atoms with Gasteiger partial charge in [0.25, 0.3) is 0 Å². The lowest BCUT2D eigenvalue weighted by Gasteiger charge is -2.20. The summed E-state index contributed by atoms with van der Waals surface area (Å²) in [7, 11) is 2.86. The molecule has 0 aliphatic carbocycles. The first-order chi connectivity index (χ1) is 14.8. The first-order valence-electron chi connectivity index (χ1n) is 12.9. The normalized spacial score (nSPS) is 11.1. The number of aliphatic carboxylic acids is 1. The zero-order valence-electron chi connectivity index (χ0n) is 21.1. The van der Waals surface area contributed by atoms with Crippen LogP contribution < -0.4 is 0 Å². The SMILES string of the molecule is CCCCCCCCCCCCCCCCCC(=O)O.Cc1ccccc1C(C)(C)P. The van der Waals surface area contributed by atoms with Gasteiger partial charge in [0.2, 0.25) is 0 Å². The van der Waals surface area contributed by atoms with E-state index in [1.807, 2.05) is 0 Å². The Balaban J connectivity index is 0.000000683. The van der Waals surface area contributed by atoms with Gasteiger partial charge in [-0.3, -0.25) is 4.79 Å². The van der Waals surface area contributed by atoms with Gasteiger partial charge >= 0.3 is 5.97 Å². The van der Waals surface area contributed by atoms with Crippen LogP contribution in [0.2, 0.25) is 0 Å². The summed E-state index contributed by atoms with van der Waals surface area (Å²) in [6.45, 7) is 8.84. The average molecular weight is 451 g/mol. The van der Waals surface area contributed by atoms with Crippen LogP contribution in [0.3, 0.4) is 0 Å². The van der Waals surface area contributed by atoms with Crippen LogP contribution in [-0.4, -0.2) is 11.1 Å². The van der Waals surface area contributed by atoms with Gasteiger partial charge in [-0.2, -0.15) is 0 Å². The van der Waals surface area contributed by atoms with E-state index in [2.05, 4.69) is 61.2 Å². The van der Waals surface area contributed by atoms with Crippen molar-refractivity contribution in [1.82, 2.24) is 0 Å². The van der Waals surface area contributed by atoms with Crippen molar-refractivity contribution >= 4 is 15.2 Å². The number of hydrogen-bond acceptors (Lipinski definition) is 1. The van der Waals surface area contributed by atoms with E-state index >= 15 is 0 Å². The third-order valence-corrected chi connectivity index (χ3v) is 6.14. The molecule has 0 aliphatic heterocycles. The fraction of sp³-hybridized carbons (Fsp3) is 0.750. The van der Waals surface area contributed by atoms with Gasteiger partial charge in [0, 0.05) is 11.6 Å². The van der Waals surface area contributed by atoms with Gasteiger partial charge in [-0.15, -0.1) is 9.24 Å². The van der Waals surface area contributed by atoms with Crippen LogP contribution in [0, 0.1) is 6.92 Å². The monoisotopic (exact) mass is 450 g/mol. The summed E-state index contributed by atoms with van der Waals surface area (Å²) >= 11 is 0. The molecule has 1 atom stereocenters. The average Bonchev–Trinajstić information content (AvgIpc) is 2.70. The number of benzene rings is 1. The number of aryl methyl sites for hydroxylation is 1. The molecule has 0 radical (unpaired) electrons. The topological polar surface area (TPSA) is 37.3 Å². The van der Waals surface area contributed by atoms with E-state index in [9.17, 15) is 4.79 Å². The molecule has 180 valence electrons. The molecular formula is C28H51O2P. The van der Waals surface area contributed by atoms with E-state index < -0.39 is 5.97 Å². The number of carboxylic acids is 1. The smallest absolute Gasteiger partial charge is 0.303 e. The van der Waals surface area contributed by atoms with Crippen LogP contribution in [0.5, 0.6) is 0 Å². The van der Waals surface area contributed by atoms with Crippen molar-refractivity contribution in [1.29, 1.82) is 0 Å². The van der Waals surface area contributed by atoms with Crippen molar-refractivity contribution in [2.24, 2.45) is 0 Å². The second kappa shape index (κ2) is 19.8. The summed E-state index contributed by atoms with van der Waals surface area (Å²) in [5, 5.41) is 8.72. The van der Waals surface area contributed by atoms with Gasteiger partial charge < -0.3 is 5.11 Å². The van der Waals surface area contributed by atoms with E-state index in [0.717, 1.165) is 12.8 Å². The molecule has 1 N–H and O–H groups in total. The van der Waals surface area contributed by atoms with Gasteiger partial charge in [-0.1, -0.05) is 135 Å². The van der Waals surface area contributed by atoms with Crippen molar-refractivity contribution in [3.63, 3.8) is 0 Å². The van der Waals surface area contributed by atoms with Gasteiger partial charge in [-0.25, -0.2) is 0 Å². The number of carboxylic acid groups (broad SMARTS) is 1. The van der Waals surface area contributed by atoms with Crippen LogP contribution in [0.4, 0.5) is 0 Å². The summed E-state index contributed by atoms with van der Waals surface area (Å²) < 4.78 is 0. The Morgan fingerprint density at radius 1 is 0.774 bits per heavy atom. The highest BCUT2D eigenvalue weighted by molar-refractivity contribution is 7.18. The molecule has 1 aromatic rings. The number of carbonyl (C=O) groups is 1. The van der Waals surface area contributed by atoms with Crippen LogP contribution in [0.25, 0.3) is 0 Å². The third kappa shape index (κ3) is 19.5. The van der Waals surface area contributed by atoms with Gasteiger partial charge in [0.05, 0.1) is 0 Å². The van der Waals surface area contributed by atoms with E-state index in [-0.39, 0.29) is 5.16 Å². The van der Waals surface area contributed by atoms with Crippen molar-refractivity contribution in [2.75, 3.05) is 0 Å². The maximum Gasteiger partial charge on any atom is 0.303 e. The first-order valence-corrected chi connectivity index (χ1v) is 13.4. The van der Waals surface area contributed by atoms with Crippen molar-refractivity contribution in [3.05, 3.63) is 35.4 Å². The standard InChI is InChI=1S/C18H36O2.C10H15P/c1-2-3-4-5-6-7-8-9-10-11-12-13-14-15-16-17-18(19)20;1-8-6-4-5-7-9(8)10(2,3)11/h2-17H2,1H3,(H,19,20);4-7H,11H2,1-3H3. The van der Waals surface area contributed by atoms with E-state index in [0.29, 0.717) is 6.42 Å². The molecule has 0 saturated carbocycles. The molecule has 3 heteroatoms. The Bertz CT molecular complexity index is 548. The summed E-state index contributed by atoms with van der Waals surface area (Å²) in [5.41, 5.74) is 2.78. The highest BCUT2D eigenvalue weighted by Crippen LogP contribution is 2.31. The highest BCUT2D eigenvalue weighted by Gasteiger charge is 2.14. The molecule has 1 rings (SSSR count). The summed E-state index contributed by atoms with van der Waals surface area (Å²) in [6.07, 6.45) is 20.2. The van der Waals surface area contributed by atoms with Gasteiger partial charge in [-0.05, 0) is 24.5 Å². The van der Waals surface area contributed by atoms with Crippen LogP contribution in [0.1, 0.15) is 135 Å². The minimum Gasteiger partial charge on any atom is -0.481 e. The number of unbranched alkanes of at least 4 members (excludes halogenated alkanes) is 14. The highest BCUT2D eigenvalue weighted by atomic mass is 31.0. The molecule has 0 fully saturated rings. The molecule has 0 bridgehead atoms. The maximum atomic E-state index is 10.3. The molecule has 0 spiro atoms. The zero-order chi connectivity index (χ0) is 23.4. The molecule has 0 aromatic heterocycles. The Kier molecular flexibility index (Phi) is 19.2. The summed E-state index contributed by atoms with van der Waals surface area (Å²) in [5.74, 6) is -0.653. The maximum absolute atomic E-state index is 10.3. The minimum absolute atomic E-state index is 0.200. The van der Waals surface area contributed by atoms with Crippen LogP contribution in [-0.2, 0) is 9.95 Å². The molecular weight excluding hydrogens is 399 g/mol. The number of rotatable bonds is 17. The first kappa shape index (κ1) is 30.1. The second-order valence-corrected chi connectivity index (χ2v) is 11.1. The lowest BCUT2D eigenvalue weighted by atomic mass is 9.97. The largest absolute Gasteiger partial charge is 0.481 e. The molecule has 0 aliphatic rings. The molecule has 31 heavy (non-hydrogen) atoms. The van der Waals surface area contributed by atoms with Crippen LogP contribution in [0.15, 0.2) is 24.3 Å². The van der Waals surface area contributed by atoms with E-state index in [1.54, 1.807) is 0 Å². The molecule has 0 amide bonds. The predicted molar refractivity (Wildman–Crippen MR) is 141 cm³/mol. The molecule has 0 saturated heterocycles. The van der Waals surface area contributed by atoms with E-state index in [1.165, 1.54) is 94.6 Å². The Labute approximate surface area is 196 Å². The Hall–Kier alpha value is -0.880. The third-order valence-electron chi connectivity index (χ3n) is 5.83. The Morgan fingerprint density at radius 2 is 1.16 bits per heavy atom. The molecule has 0 heterocycles. The predicted octanol–water partition coefficient (Wildman–Crippen LogP) is 9.44. The van der Waals surface area contributed by atoms with Crippen molar-refractivity contribution in [3.8, 4) is 0 Å². The lowest BCUT2D eigenvalue weighted by Crippen LogP contribution is -2.08. The number of hydrogen-bond donors (Lipinski definition) is 1. The van der Waals surface area contributed by atoms with E-state index in [4.69, 9.17) is 5.11 Å². The Morgan fingerprint density at radius 3 is 1.48 bits per heavy atom. The molecule has 1 aromatic carbocycles.